The minimum absolute atomic E-state index is 0.00915. The minimum Gasteiger partial charge on any atom is -0.391 e. The third kappa shape index (κ3) is 3.40. The molecule has 1 aromatic heterocycles. The van der Waals surface area contributed by atoms with E-state index in [1.807, 2.05) is 0 Å². The highest BCUT2D eigenvalue weighted by Gasteiger charge is 2.21. The topological polar surface area (TPSA) is 66.4 Å². The number of aliphatic hydroxyl groups is 1. The summed E-state index contributed by atoms with van der Waals surface area (Å²) in [6, 6.07) is 5.30. The number of benzene rings is 1. The van der Waals surface area contributed by atoms with Gasteiger partial charge in [-0.15, -0.1) is 11.3 Å². The van der Waals surface area contributed by atoms with E-state index in [1.54, 1.807) is 0 Å². The van der Waals surface area contributed by atoms with Crippen LogP contribution in [0.25, 0.3) is 0 Å². The van der Waals surface area contributed by atoms with Gasteiger partial charge in [0.1, 0.15) is 10.7 Å². The largest absolute Gasteiger partial charge is 0.391 e. The summed E-state index contributed by atoms with van der Waals surface area (Å²) in [6.45, 7) is -0.244. The van der Waals surface area contributed by atoms with Crippen molar-refractivity contribution < 1.29 is 17.9 Å². The zero-order valence-corrected chi connectivity index (χ0v) is 14.5. The zero-order chi connectivity index (χ0) is 14.9. The summed E-state index contributed by atoms with van der Waals surface area (Å²) in [5.74, 6) is -0.564. The average Bonchev–Trinajstić information content (AvgIpc) is 2.76. The molecule has 0 amide bonds. The highest BCUT2D eigenvalue weighted by atomic mass is 79.9. The zero-order valence-electron chi connectivity index (χ0n) is 9.73. The normalized spacial score (nSPS) is 11.6. The number of halogens is 3. The van der Waals surface area contributed by atoms with Gasteiger partial charge in [0.25, 0.3) is 10.0 Å². The summed E-state index contributed by atoms with van der Waals surface area (Å²) >= 11 is 7.26. The molecular formula is C11H8Br2FNO3S2. The van der Waals surface area contributed by atoms with Crippen molar-refractivity contribution in [3.8, 4) is 0 Å². The Morgan fingerprint density at radius 3 is 2.55 bits per heavy atom. The van der Waals surface area contributed by atoms with Crippen molar-refractivity contribution in [3.05, 3.63) is 43.2 Å². The molecule has 2 N–H and O–H groups in total. The van der Waals surface area contributed by atoms with Gasteiger partial charge in [0.2, 0.25) is 0 Å². The van der Waals surface area contributed by atoms with Gasteiger partial charge in [0.05, 0.1) is 20.6 Å². The lowest BCUT2D eigenvalue weighted by atomic mass is 10.3. The molecule has 0 bridgehead atoms. The summed E-state index contributed by atoms with van der Waals surface area (Å²) in [4.78, 5) is 0.522. The molecule has 0 saturated heterocycles. The molecule has 0 atom stereocenters. The third-order valence-electron chi connectivity index (χ3n) is 2.32. The number of rotatable bonds is 4. The van der Waals surface area contributed by atoms with E-state index in [2.05, 4.69) is 36.6 Å². The van der Waals surface area contributed by atoms with E-state index in [4.69, 9.17) is 5.11 Å². The summed E-state index contributed by atoms with van der Waals surface area (Å²) in [5.41, 5.74) is 0.120. The highest BCUT2D eigenvalue weighted by Crippen LogP contribution is 2.33. The Labute approximate surface area is 135 Å². The van der Waals surface area contributed by atoms with Crippen molar-refractivity contribution in [2.24, 2.45) is 0 Å². The van der Waals surface area contributed by atoms with Crippen LogP contribution in [0, 0.1) is 5.82 Å². The first-order chi connectivity index (χ1) is 9.33. The van der Waals surface area contributed by atoms with Gasteiger partial charge in [-0.1, -0.05) is 0 Å². The Bertz CT molecular complexity index is 746. The van der Waals surface area contributed by atoms with Crippen LogP contribution in [-0.2, 0) is 16.6 Å². The number of nitrogens with one attached hydrogen (secondary N) is 1. The molecule has 0 aliphatic rings. The number of thiophene rings is 1. The molecule has 0 unspecified atom stereocenters. The number of hydrogen-bond donors (Lipinski definition) is 2. The maximum absolute atomic E-state index is 13.4. The van der Waals surface area contributed by atoms with Gasteiger partial charge in [-0.05, 0) is 56.1 Å². The minimum atomic E-state index is -3.84. The third-order valence-corrected chi connectivity index (χ3v) is 6.58. The van der Waals surface area contributed by atoms with Crippen LogP contribution in [0.1, 0.15) is 4.88 Å². The molecule has 2 aromatic rings. The monoisotopic (exact) mass is 443 g/mol. The summed E-state index contributed by atoms with van der Waals surface area (Å²) in [5, 5.41) is 9.02. The van der Waals surface area contributed by atoms with E-state index in [1.165, 1.54) is 18.2 Å². The molecule has 0 aliphatic heterocycles. The molecular weight excluding hydrogens is 437 g/mol. The average molecular weight is 445 g/mol. The molecule has 1 aromatic carbocycles. The van der Waals surface area contributed by atoms with E-state index in [0.29, 0.717) is 8.66 Å². The Morgan fingerprint density at radius 2 is 2.00 bits per heavy atom. The fourth-order valence-electron chi connectivity index (χ4n) is 1.43. The summed E-state index contributed by atoms with van der Waals surface area (Å²) in [6.07, 6.45) is 0. The molecule has 9 heteroatoms. The molecule has 0 spiro atoms. The van der Waals surface area contributed by atoms with Gasteiger partial charge in [-0.2, -0.15) is 0 Å². The lowest BCUT2D eigenvalue weighted by Gasteiger charge is -2.07. The van der Waals surface area contributed by atoms with Gasteiger partial charge >= 0.3 is 0 Å². The number of aliphatic hydroxyl groups excluding tert-OH is 1. The molecule has 2 rings (SSSR count). The van der Waals surface area contributed by atoms with E-state index < -0.39 is 15.8 Å². The van der Waals surface area contributed by atoms with Crippen LogP contribution in [-0.4, -0.2) is 13.5 Å². The molecule has 0 fully saturated rings. The highest BCUT2D eigenvalue weighted by molar-refractivity contribution is 9.11. The van der Waals surface area contributed by atoms with Crippen molar-refractivity contribution in [1.29, 1.82) is 0 Å². The number of anilines is 1. The van der Waals surface area contributed by atoms with Gasteiger partial charge in [-0.25, -0.2) is 12.8 Å². The van der Waals surface area contributed by atoms with Crippen LogP contribution in [0.3, 0.4) is 0 Å². The van der Waals surface area contributed by atoms with E-state index in [0.717, 1.165) is 17.4 Å². The van der Waals surface area contributed by atoms with Gasteiger partial charge in [0, 0.05) is 4.88 Å². The van der Waals surface area contributed by atoms with Gasteiger partial charge in [-0.3, -0.25) is 4.72 Å². The van der Waals surface area contributed by atoms with E-state index in [9.17, 15) is 12.8 Å². The Kier molecular flexibility index (Phi) is 4.85. The lowest BCUT2D eigenvalue weighted by Crippen LogP contribution is -2.12. The molecule has 1 heterocycles. The lowest BCUT2D eigenvalue weighted by molar-refractivity contribution is 0.285. The Balaban J connectivity index is 2.35. The first kappa shape index (κ1) is 15.9. The van der Waals surface area contributed by atoms with E-state index >= 15 is 0 Å². The number of hydrogen-bond acceptors (Lipinski definition) is 4. The van der Waals surface area contributed by atoms with Crippen LogP contribution in [0.4, 0.5) is 10.1 Å². The second-order valence-electron chi connectivity index (χ2n) is 3.74. The first-order valence-electron chi connectivity index (χ1n) is 5.20. The molecule has 0 aliphatic carbocycles. The maximum Gasteiger partial charge on any atom is 0.263 e. The predicted molar refractivity (Wildman–Crippen MR) is 82.9 cm³/mol. The van der Waals surface area contributed by atoms with Gasteiger partial charge in [0.15, 0.2) is 0 Å². The SMILES string of the molecule is O=S(=O)(Nc1ccc(Br)c(F)c1)c1cc(CO)sc1Br. The fraction of sp³-hybridized carbons (Fsp3) is 0.0909. The molecule has 108 valence electrons. The van der Waals surface area contributed by atoms with Crippen LogP contribution in [0.5, 0.6) is 0 Å². The molecule has 0 radical (unpaired) electrons. The maximum atomic E-state index is 13.4. The van der Waals surface area contributed by atoms with Gasteiger partial charge < -0.3 is 5.11 Å². The van der Waals surface area contributed by atoms with Crippen molar-refractivity contribution in [2.75, 3.05) is 4.72 Å². The standard InChI is InChI=1S/C11H8Br2FNO3S2/c12-8-2-1-6(3-9(8)14)15-20(17,18)10-4-7(5-16)19-11(10)13/h1-4,15-16H,5H2. The van der Waals surface area contributed by atoms with Crippen molar-refractivity contribution in [1.82, 2.24) is 0 Å². The quantitative estimate of drug-likeness (QED) is 0.755. The predicted octanol–water partition coefficient (Wildman–Crippen LogP) is 3.71. The van der Waals surface area contributed by atoms with Crippen molar-refractivity contribution in [3.63, 3.8) is 0 Å². The smallest absolute Gasteiger partial charge is 0.263 e. The van der Waals surface area contributed by atoms with Crippen LogP contribution in [0.2, 0.25) is 0 Å². The van der Waals surface area contributed by atoms with Crippen LogP contribution < -0.4 is 4.72 Å². The van der Waals surface area contributed by atoms with Crippen LogP contribution in [0.15, 0.2) is 37.4 Å². The molecule has 4 nitrogen and oxygen atoms in total. The van der Waals surface area contributed by atoms with E-state index in [-0.39, 0.29) is 21.7 Å². The first-order valence-corrected chi connectivity index (χ1v) is 9.09. The molecule has 20 heavy (non-hydrogen) atoms. The Morgan fingerprint density at radius 1 is 1.30 bits per heavy atom. The second-order valence-corrected chi connectivity index (χ2v) is 8.70. The van der Waals surface area contributed by atoms with Crippen molar-refractivity contribution in [2.45, 2.75) is 11.5 Å². The second kappa shape index (κ2) is 6.10. The van der Waals surface area contributed by atoms with Crippen molar-refractivity contribution >= 4 is 58.9 Å². The Hall–Kier alpha value is -0.480. The number of sulfonamides is 1. The molecule has 0 saturated carbocycles. The fourth-order valence-corrected chi connectivity index (χ4v) is 5.27. The van der Waals surface area contributed by atoms with Crippen LogP contribution >= 0.6 is 43.2 Å². The summed E-state index contributed by atoms with van der Waals surface area (Å²) < 4.78 is 40.7. The summed E-state index contributed by atoms with van der Waals surface area (Å²) in [7, 11) is -3.84.